The minimum atomic E-state index is 0.944. The van der Waals surface area contributed by atoms with Crippen LogP contribution in [-0.2, 0) is 0 Å². The van der Waals surface area contributed by atoms with E-state index in [-0.39, 0.29) is 0 Å². The second-order valence-corrected chi connectivity index (χ2v) is 8.29. The Kier molecular flexibility index (Phi) is 5.00. The molecule has 0 amide bonds. The fraction of sp³-hybridized carbons (Fsp3) is 0.889. The Morgan fingerprint density at radius 2 is 1.30 bits per heavy atom. The van der Waals surface area contributed by atoms with Crippen LogP contribution >= 0.6 is 0 Å². The van der Waals surface area contributed by atoms with Crippen molar-refractivity contribution in [2.24, 2.45) is 17.8 Å². The molecule has 0 bridgehead atoms. The Bertz CT molecular complexity index is 333. The van der Waals surface area contributed by atoms with Crippen molar-refractivity contribution >= 4 is 15.7 Å². The zero-order valence-corrected chi connectivity index (χ0v) is 13.7. The smallest absolute Gasteiger partial charge is 0.0855 e. The predicted molar refractivity (Wildman–Crippen MR) is 93.9 cm³/mol. The van der Waals surface area contributed by atoms with Gasteiger partial charge in [-0.05, 0) is 56.3 Å². The van der Waals surface area contributed by atoms with Gasteiger partial charge in [0.25, 0.3) is 0 Å². The summed E-state index contributed by atoms with van der Waals surface area (Å²) in [5.74, 6) is 5.10. The maximum Gasteiger partial charge on any atom is 0.105 e. The van der Waals surface area contributed by atoms with Gasteiger partial charge in [0, 0.05) is 0 Å². The van der Waals surface area contributed by atoms with E-state index in [1.807, 2.05) is 5.57 Å². The van der Waals surface area contributed by atoms with Gasteiger partial charge in [-0.2, -0.15) is 0 Å². The molecule has 3 rings (SSSR count). The van der Waals surface area contributed by atoms with Crippen molar-refractivity contribution in [3.63, 3.8) is 0 Å². The molecule has 0 aliphatic heterocycles. The summed E-state index contributed by atoms with van der Waals surface area (Å²) < 4.78 is 0. The van der Waals surface area contributed by atoms with Gasteiger partial charge < -0.3 is 0 Å². The third-order valence-electron chi connectivity index (χ3n) is 6.73. The summed E-state index contributed by atoms with van der Waals surface area (Å²) in [6, 6.07) is 0. The zero-order chi connectivity index (χ0) is 13.9. The lowest BCUT2D eigenvalue weighted by atomic mass is 9.64. The first-order valence-corrected chi connectivity index (χ1v) is 9.41. The Balaban J connectivity index is 1.47. The molecule has 0 saturated heterocycles. The highest BCUT2D eigenvalue weighted by Gasteiger charge is 2.31. The van der Waals surface area contributed by atoms with Crippen LogP contribution in [0.4, 0.5) is 0 Å². The Hall–Kier alpha value is -0.130. The molecule has 0 aromatic rings. The van der Waals surface area contributed by atoms with Crippen molar-refractivity contribution in [1.29, 1.82) is 0 Å². The van der Waals surface area contributed by atoms with Gasteiger partial charge in [-0.15, -0.1) is 0 Å². The second-order valence-electron chi connectivity index (χ2n) is 8.29. The van der Waals surface area contributed by atoms with Crippen molar-refractivity contribution in [2.45, 2.75) is 82.3 Å². The van der Waals surface area contributed by atoms with Crippen LogP contribution in [0.15, 0.2) is 11.6 Å². The summed E-state index contributed by atoms with van der Waals surface area (Å²) in [6.07, 6.45) is 19.0. The molecule has 110 valence electrons. The van der Waals surface area contributed by atoms with Crippen molar-refractivity contribution < 1.29 is 0 Å². The Morgan fingerprint density at radius 1 is 0.700 bits per heavy atom. The molecular weight excluding hydrogens is 238 g/mol. The van der Waals surface area contributed by atoms with E-state index in [9.17, 15) is 0 Å². The molecule has 3 aliphatic carbocycles. The van der Waals surface area contributed by atoms with Crippen molar-refractivity contribution in [3.05, 3.63) is 11.6 Å². The average Bonchev–Trinajstić information content (AvgIpc) is 2.49. The van der Waals surface area contributed by atoms with Gasteiger partial charge >= 0.3 is 0 Å². The summed E-state index contributed by atoms with van der Waals surface area (Å²) in [5.41, 5.74) is 1.85. The lowest BCUT2D eigenvalue weighted by Gasteiger charge is -2.38. The normalized spacial score (nSPS) is 43.0. The van der Waals surface area contributed by atoms with Crippen LogP contribution in [-0.4, -0.2) is 15.7 Å². The van der Waals surface area contributed by atoms with E-state index in [2.05, 4.69) is 21.8 Å². The molecule has 0 aromatic heterocycles. The van der Waals surface area contributed by atoms with Gasteiger partial charge in [0.2, 0.25) is 0 Å². The van der Waals surface area contributed by atoms with Crippen molar-refractivity contribution in [3.8, 4) is 0 Å². The monoisotopic (exact) mass is 270 g/mol. The minimum Gasteiger partial charge on any atom is -0.0855 e. The molecule has 1 atom stereocenters. The lowest BCUT2D eigenvalue weighted by Crippen LogP contribution is -2.25. The molecular formula is C18H32B2. The predicted octanol–water partition coefficient (Wildman–Crippen LogP) is 3.94. The van der Waals surface area contributed by atoms with Gasteiger partial charge in [-0.25, -0.2) is 0 Å². The molecule has 0 N–H and O–H groups in total. The van der Waals surface area contributed by atoms with Crippen LogP contribution in [0.3, 0.4) is 0 Å². The molecule has 2 heteroatoms. The van der Waals surface area contributed by atoms with Gasteiger partial charge in [0.05, 0.1) is 0 Å². The third kappa shape index (κ3) is 3.55. The highest BCUT2D eigenvalue weighted by Crippen LogP contribution is 2.44. The van der Waals surface area contributed by atoms with E-state index < -0.39 is 0 Å². The van der Waals surface area contributed by atoms with Gasteiger partial charge in [0.15, 0.2) is 0 Å². The SMILES string of the molecule is BC1CC=C(C2CCC(C3CCC(B)CC3)CC2)CC1. The van der Waals surface area contributed by atoms with E-state index in [1.54, 1.807) is 0 Å². The van der Waals surface area contributed by atoms with Crippen LogP contribution < -0.4 is 0 Å². The van der Waals surface area contributed by atoms with Crippen molar-refractivity contribution in [1.82, 2.24) is 0 Å². The summed E-state index contributed by atoms with van der Waals surface area (Å²) in [6.45, 7) is 0. The molecule has 2 fully saturated rings. The van der Waals surface area contributed by atoms with Crippen molar-refractivity contribution in [2.75, 3.05) is 0 Å². The molecule has 1 unspecified atom stereocenters. The van der Waals surface area contributed by atoms with E-state index >= 15 is 0 Å². The summed E-state index contributed by atoms with van der Waals surface area (Å²) in [5, 5.41) is 0. The fourth-order valence-electron chi connectivity index (χ4n) is 5.07. The maximum absolute atomic E-state index is 2.61. The largest absolute Gasteiger partial charge is 0.105 e. The van der Waals surface area contributed by atoms with E-state index in [1.165, 1.54) is 70.6 Å². The summed E-state index contributed by atoms with van der Waals surface area (Å²) in [7, 11) is 4.86. The van der Waals surface area contributed by atoms with Crippen LogP contribution in [0.2, 0.25) is 11.6 Å². The molecule has 3 aliphatic rings. The molecule has 20 heavy (non-hydrogen) atoms. The first-order valence-electron chi connectivity index (χ1n) is 9.41. The van der Waals surface area contributed by atoms with Gasteiger partial charge in [-0.1, -0.05) is 55.4 Å². The number of allylic oxidation sites excluding steroid dienone is 2. The minimum absolute atomic E-state index is 0.944. The molecule has 0 heterocycles. The second kappa shape index (κ2) is 6.75. The summed E-state index contributed by atoms with van der Waals surface area (Å²) >= 11 is 0. The quantitative estimate of drug-likeness (QED) is 0.526. The lowest BCUT2D eigenvalue weighted by molar-refractivity contribution is 0.175. The average molecular weight is 270 g/mol. The van der Waals surface area contributed by atoms with Gasteiger partial charge in [0.1, 0.15) is 15.7 Å². The fourth-order valence-corrected chi connectivity index (χ4v) is 5.07. The van der Waals surface area contributed by atoms with Crippen LogP contribution in [0.1, 0.15) is 70.6 Å². The van der Waals surface area contributed by atoms with E-state index in [0.29, 0.717) is 0 Å². The Morgan fingerprint density at radius 3 is 1.85 bits per heavy atom. The van der Waals surface area contributed by atoms with Crippen LogP contribution in [0.25, 0.3) is 0 Å². The molecule has 0 spiro atoms. The summed E-state index contributed by atoms with van der Waals surface area (Å²) in [4.78, 5) is 0. The first-order chi connectivity index (χ1) is 9.72. The molecule has 2 saturated carbocycles. The highest BCUT2D eigenvalue weighted by molar-refractivity contribution is 6.11. The number of hydrogen-bond donors (Lipinski definition) is 0. The van der Waals surface area contributed by atoms with Crippen LogP contribution in [0, 0.1) is 17.8 Å². The highest BCUT2D eigenvalue weighted by atomic mass is 14.4. The van der Waals surface area contributed by atoms with E-state index in [0.717, 1.165) is 29.4 Å². The van der Waals surface area contributed by atoms with Gasteiger partial charge in [-0.3, -0.25) is 0 Å². The van der Waals surface area contributed by atoms with E-state index in [4.69, 9.17) is 0 Å². The molecule has 0 aromatic carbocycles. The number of hydrogen-bond acceptors (Lipinski definition) is 0. The molecule has 0 radical (unpaired) electrons. The number of rotatable bonds is 2. The standard InChI is InChI=1S/C18H32B2/c19-17-9-5-15(6-10-17)13-1-2-14(4-3-13)16-7-11-18(20)12-8-16/h5,13-14,16-18H,1-4,6-12,19-20H2. The Labute approximate surface area is 128 Å². The topological polar surface area (TPSA) is 0 Å². The first kappa shape index (κ1) is 14.8. The van der Waals surface area contributed by atoms with Crippen LogP contribution in [0.5, 0.6) is 0 Å². The maximum atomic E-state index is 2.61. The molecule has 0 nitrogen and oxygen atoms in total. The zero-order valence-electron chi connectivity index (χ0n) is 13.7. The third-order valence-corrected chi connectivity index (χ3v) is 6.73.